The third-order valence-electron chi connectivity index (χ3n) is 2.87. The van der Waals surface area contributed by atoms with E-state index in [0.717, 1.165) is 4.73 Å². The number of halogens is 1. The van der Waals surface area contributed by atoms with Crippen molar-refractivity contribution in [2.45, 2.75) is 17.2 Å². The van der Waals surface area contributed by atoms with Crippen LogP contribution in [0.3, 0.4) is 0 Å². The molecule has 7 heteroatoms. The second-order valence-electron chi connectivity index (χ2n) is 4.46. The second kappa shape index (κ2) is 7.38. The maximum Gasteiger partial charge on any atom is 0.252 e. The van der Waals surface area contributed by atoms with E-state index in [4.69, 9.17) is 16.3 Å². The van der Waals surface area contributed by atoms with Crippen molar-refractivity contribution in [2.24, 2.45) is 0 Å². The summed E-state index contributed by atoms with van der Waals surface area (Å²) in [4.78, 5) is 12.2. The van der Waals surface area contributed by atoms with Crippen molar-refractivity contribution in [1.29, 1.82) is 0 Å². The highest BCUT2D eigenvalue weighted by Gasteiger charge is 2.19. The lowest BCUT2D eigenvalue weighted by Crippen LogP contribution is -2.30. The van der Waals surface area contributed by atoms with Crippen molar-refractivity contribution in [3.63, 3.8) is 0 Å². The highest BCUT2D eigenvalue weighted by Crippen LogP contribution is 2.28. The van der Waals surface area contributed by atoms with Crippen molar-refractivity contribution in [3.8, 4) is 5.75 Å². The molecule has 1 aromatic heterocycles. The number of anilines is 1. The van der Waals surface area contributed by atoms with E-state index in [1.54, 1.807) is 43.3 Å². The molecular weight excluding hydrogens is 324 g/mol. The molecule has 1 aromatic carbocycles. The Labute approximate surface area is 137 Å². The number of aromatic nitrogens is 1. The number of carbonyl (C=O) groups excluding carboxylic acids is 1. The van der Waals surface area contributed by atoms with E-state index < -0.39 is 5.25 Å². The van der Waals surface area contributed by atoms with Gasteiger partial charge in [0.05, 0.1) is 17.4 Å². The first-order chi connectivity index (χ1) is 10.5. The predicted molar refractivity (Wildman–Crippen MR) is 87.4 cm³/mol. The number of carbonyl (C=O) groups is 1. The number of amides is 1. The van der Waals surface area contributed by atoms with Crippen LogP contribution in [0.5, 0.6) is 5.75 Å². The minimum Gasteiger partial charge on any atom is -0.618 e. The van der Waals surface area contributed by atoms with Crippen LogP contribution in [0, 0.1) is 5.21 Å². The maximum absolute atomic E-state index is 12.2. The van der Waals surface area contributed by atoms with Crippen molar-refractivity contribution < 1.29 is 14.3 Å². The van der Waals surface area contributed by atoms with E-state index in [9.17, 15) is 10.0 Å². The van der Waals surface area contributed by atoms with Crippen LogP contribution < -0.4 is 14.8 Å². The monoisotopic (exact) mass is 338 g/mol. The number of hydrogen-bond donors (Lipinski definition) is 1. The molecule has 2 aromatic rings. The highest BCUT2D eigenvalue weighted by atomic mass is 35.5. The molecule has 0 spiro atoms. The predicted octanol–water partition coefficient (Wildman–Crippen LogP) is 3.10. The number of thioether (sulfide) groups is 1. The topological polar surface area (TPSA) is 65.3 Å². The molecule has 1 amide bonds. The lowest BCUT2D eigenvalue weighted by molar-refractivity contribution is -0.645. The molecule has 116 valence electrons. The van der Waals surface area contributed by atoms with E-state index >= 15 is 0 Å². The van der Waals surface area contributed by atoms with Crippen molar-refractivity contribution in [3.05, 3.63) is 52.8 Å². The third-order valence-corrected chi connectivity index (χ3v) is 4.30. The Bertz CT molecular complexity index is 682. The summed E-state index contributed by atoms with van der Waals surface area (Å²) < 4.78 is 5.79. The van der Waals surface area contributed by atoms with Gasteiger partial charge in [-0.1, -0.05) is 11.6 Å². The SMILES string of the molecule is COc1ccc(NC(=O)[C@H](C)Sc2cccc[n+]2[O-])cc1Cl. The van der Waals surface area contributed by atoms with E-state index in [0.29, 0.717) is 21.5 Å². The highest BCUT2D eigenvalue weighted by molar-refractivity contribution is 8.00. The van der Waals surface area contributed by atoms with Gasteiger partial charge in [0.1, 0.15) is 5.75 Å². The largest absolute Gasteiger partial charge is 0.618 e. The number of ether oxygens (including phenoxy) is 1. The Morgan fingerprint density at radius 3 is 2.82 bits per heavy atom. The molecule has 2 rings (SSSR count). The van der Waals surface area contributed by atoms with E-state index in [2.05, 4.69) is 5.32 Å². The van der Waals surface area contributed by atoms with Crippen LogP contribution in [0.2, 0.25) is 5.02 Å². The van der Waals surface area contributed by atoms with E-state index in [1.165, 1.54) is 25.1 Å². The number of rotatable bonds is 5. The van der Waals surface area contributed by atoms with Gasteiger partial charge in [0.15, 0.2) is 6.20 Å². The molecule has 22 heavy (non-hydrogen) atoms. The van der Waals surface area contributed by atoms with Gasteiger partial charge in [0.25, 0.3) is 5.03 Å². The average molecular weight is 339 g/mol. The molecule has 0 aliphatic carbocycles. The Kier molecular flexibility index (Phi) is 5.51. The first-order valence-corrected chi connectivity index (χ1v) is 7.76. The summed E-state index contributed by atoms with van der Waals surface area (Å²) in [5.74, 6) is 0.328. The minimum absolute atomic E-state index is 0.213. The van der Waals surface area contributed by atoms with Crippen LogP contribution in [-0.4, -0.2) is 18.3 Å². The molecule has 0 saturated heterocycles. The first kappa shape index (κ1) is 16.5. The summed E-state index contributed by atoms with van der Waals surface area (Å²) in [6.45, 7) is 1.73. The third kappa shape index (κ3) is 4.05. The van der Waals surface area contributed by atoms with Crippen molar-refractivity contribution in [1.82, 2.24) is 0 Å². The lowest BCUT2D eigenvalue weighted by Gasteiger charge is -2.12. The number of hydrogen-bond acceptors (Lipinski definition) is 4. The summed E-state index contributed by atoms with van der Waals surface area (Å²) in [6.07, 6.45) is 1.40. The van der Waals surface area contributed by atoms with Gasteiger partial charge in [-0.25, -0.2) is 0 Å². The summed E-state index contributed by atoms with van der Waals surface area (Å²) >= 11 is 7.21. The number of nitrogens with one attached hydrogen (secondary N) is 1. The average Bonchev–Trinajstić information content (AvgIpc) is 2.49. The molecule has 0 radical (unpaired) electrons. The smallest absolute Gasteiger partial charge is 0.252 e. The fraction of sp³-hybridized carbons (Fsp3) is 0.200. The van der Waals surface area contributed by atoms with Crippen LogP contribution >= 0.6 is 23.4 Å². The van der Waals surface area contributed by atoms with Crippen molar-refractivity contribution in [2.75, 3.05) is 12.4 Å². The van der Waals surface area contributed by atoms with Crippen LogP contribution in [0.4, 0.5) is 5.69 Å². The Morgan fingerprint density at radius 2 is 2.18 bits per heavy atom. The molecule has 1 atom stereocenters. The zero-order valence-electron chi connectivity index (χ0n) is 12.1. The summed E-state index contributed by atoms with van der Waals surface area (Å²) in [7, 11) is 1.52. The molecular formula is C15H15ClN2O3S. The van der Waals surface area contributed by atoms with Gasteiger partial charge in [0.2, 0.25) is 5.91 Å². The number of benzene rings is 1. The van der Waals surface area contributed by atoms with Crippen molar-refractivity contribution >= 4 is 35.0 Å². The molecule has 0 aliphatic heterocycles. The van der Waals surface area contributed by atoms with Gasteiger partial charge < -0.3 is 15.3 Å². The van der Waals surface area contributed by atoms with Gasteiger partial charge in [-0.15, -0.1) is 0 Å². The summed E-state index contributed by atoms with van der Waals surface area (Å²) in [5.41, 5.74) is 0.575. The number of methoxy groups -OCH3 is 1. The molecule has 0 saturated carbocycles. The zero-order chi connectivity index (χ0) is 16.1. The van der Waals surface area contributed by atoms with Gasteiger partial charge in [-0.05, 0) is 43.0 Å². The maximum atomic E-state index is 12.2. The molecule has 0 unspecified atom stereocenters. The van der Waals surface area contributed by atoms with E-state index in [1.807, 2.05) is 0 Å². The molecule has 0 aliphatic rings. The first-order valence-electron chi connectivity index (χ1n) is 6.50. The summed E-state index contributed by atoms with van der Waals surface area (Å²) in [6, 6.07) is 10.1. The molecule has 0 fully saturated rings. The standard InChI is InChI=1S/C15H15ClN2O3S/c1-10(22-14-5-3-4-8-18(14)20)15(19)17-11-6-7-13(21-2)12(16)9-11/h3-10H,1-2H3,(H,17,19)/t10-/m0/s1. The number of pyridine rings is 1. The van der Waals surface area contributed by atoms with Gasteiger partial charge >= 0.3 is 0 Å². The van der Waals surface area contributed by atoms with Gasteiger partial charge in [0, 0.05) is 17.8 Å². The Morgan fingerprint density at radius 1 is 1.41 bits per heavy atom. The van der Waals surface area contributed by atoms with Gasteiger partial charge in [-0.2, -0.15) is 4.73 Å². The van der Waals surface area contributed by atoms with Crippen LogP contribution in [0.25, 0.3) is 0 Å². The number of nitrogens with zero attached hydrogens (tertiary/aromatic N) is 1. The lowest BCUT2D eigenvalue weighted by atomic mass is 10.3. The van der Waals surface area contributed by atoms with Crippen LogP contribution in [-0.2, 0) is 4.79 Å². The van der Waals surface area contributed by atoms with Gasteiger partial charge in [-0.3, -0.25) is 4.79 Å². The Balaban J connectivity index is 2.02. The van der Waals surface area contributed by atoms with Crippen LogP contribution in [0.15, 0.2) is 47.6 Å². The zero-order valence-corrected chi connectivity index (χ0v) is 13.6. The molecule has 1 N–H and O–H groups in total. The molecule has 1 heterocycles. The quantitative estimate of drug-likeness (QED) is 0.517. The Hall–Kier alpha value is -1.92. The minimum atomic E-state index is -0.427. The molecule has 0 bridgehead atoms. The fourth-order valence-electron chi connectivity index (χ4n) is 1.73. The summed E-state index contributed by atoms with van der Waals surface area (Å²) in [5, 5.41) is 14.8. The van der Waals surface area contributed by atoms with Crippen LogP contribution in [0.1, 0.15) is 6.92 Å². The molecule has 5 nitrogen and oxygen atoms in total. The second-order valence-corrected chi connectivity index (χ2v) is 6.23. The van der Waals surface area contributed by atoms with E-state index in [-0.39, 0.29) is 5.91 Å². The fourth-order valence-corrected chi connectivity index (χ4v) is 2.83. The normalized spacial score (nSPS) is 11.8.